The largest absolute Gasteiger partial charge is 0.497 e. The van der Waals surface area contributed by atoms with Gasteiger partial charge in [-0.15, -0.1) is 0 Å². The molecule has 0 heterocycles. The van der Waals surface area contributed by atoms with E-state index in [0.717, 1.165) is 24.8 Å². The molecule has 1 aliphatic rings. The first-order chi connectivity index (χ1) is 8.33. The summed E-state index contributed by atoms with van der Waals surface area (Å²) in [6.07, 6.45) is 2.77. The fraction of sp³-hybridized carbons (Fsp3) is 0.571. The molecule has 1 aromatic rings. The van der Waals surface area contributed by atoms with Crippen molar-refractivity contribution in [1.29, 1.82) is 0 Å². The molecule has 0 bridgehead atoms. The van der Waals surface area contributed by atoms with Crippen molar-refractivity contribution in [3.8, 4) is 5.75 Å². The van der Waals surface area contributed by atoms with Gasteiger partial charge in [-0.25, -0.2) is 0 Å². The number of rotatable bonds is 7. The first-order valence-electron chi connectivity index (χ1n) is 6.23. The van der Waals surface area contributed by atoms with Gasteiger partial charge >= 0.3 is 0 Å². The zero-order chi connectivity index (χ0) is 12.1. The summed E-state index contributed by atoms with van der Waals surface area (Å²) in [5, 5.41) is 3.18. The quantitative estimate of drug-likeness (QED) is 0.787. The predicted molar refractivity (Wildman–Crippen MR) is 68.3 cm³/mol. The SMILES string of the molecule is CNCC(OCC1CC1)c1cccc(OC)c1. The Morgan fingerprint density at radius 1 is 1.41 bits per heavy atom. The number of benzene rings is 1. The smallest absolute Gasteiger partial charge is 0.119 e. The molecule has 1 aliphatic carbocycles. The molecule has 1 atom stereocenters. The second-order valence-electron chi connectivity index (χ2n) is 4.60. The molecule has 3 heteroatoms. The van der Waals surface area contributed by atoms with Crippen LogP contribution in [0.3, 0.4) is 0 Å². The Balaban J connectivity index is 2.00. The lowest BCUT2D eigenvalue weighted by Crippen LogP contribution is -2.20. The third kappa shape index (κ3) is 3.72. The molecule has 0 spiro atoms. The molecule has 3 nitrogen and oxygen atoms in total. The van der Waals surface area contributed by atoms with Gasteiger partial charge in [0.05, 0.1) is 19.8 Å². The van der Waals surface area contributed by atoms with E-state index in [1.54, 1.807) is 7.11 Å². The van der Waals surface area contributed by atoms with Gasteiger partial charge in [-0.3, -0.25) is 0 Å². The van der Waals surface area contributed by atoms with Crippen LogP contribution >= 0.6 is 0 Å². The number of hydrogen-bond donors (Lipinski definition) is 1. The predicted octanol–water partition coefficient (Wildman–Crippen LogP) is 2.38. The lowest BCUT2D eigenvalue weighted by Gasteiger charge is -2.18. The molecule has 1 unspecified atom stereocenters. The van der Waals surface area contributed by atoms with Crippen LogP contribution in [0.25, 0.3) is 0 Å². The highest BCUT2D eigenvalue weighted by molar-refractivity contribution is 5.30. The van der Waals surface area contributed by atoms with Gasteiger partial charge in [0.15, 0.2) is 0 Å². The van der Waals surface area contributed by atoms with Crippen molar-refractivity contribution in [2.24, 2.45) is 5.92 Å². The average molecular weight is 235 g/mol. The topological polar surface area (TPSA) is 30.5 Å². The number of hydrogen-bond acceptors (Lipinski definition) is 3. The Morgan fingerprint density at radius 2 is 2.24 bits per heavy atom. The minimum absolute atomic E-state index is 0.121. The van der Waals surface area contributed by atoms with Gasteiger partial charge in [0.1, 0.15) is 5.75 Å². The average Bonchev–Trinajstić information content (AvgIpc) is 3.18. The zero-order valence-electron chi connectivity index (χ0n) is 10.6. The first-order valence-corrected chi connectivity index (χ1v) is 6.23. The number of likely N-dealkylation sites (N-methyl/N-ethyl adjacent to an activating group) is 1. The normalized spacial score (nSPS) is 16.8. The van der Waals surface area contributed by atoms with Crippen LogP contribution in [0.1, 0.15) is 24.5 Å². The van der Waals surface area contributed by atoms with Crippen molar-refractivity contribution in [2.45, 2.75) is 18.9 Å². The highest BCUT2D eigenvalue weighted by atomic mass is 16.5. The summed E-state index contributed by atoms with van der Waals surface area (Å²) in [5.41, 5.74) is 1.18. The molecule has 0 radical (unpaired) electrons. The Hall–Kier alpha value is -1.06. The summed E-state index contributed by atoms with van der Waals surface area (Å²) in [4.78, 5) is 0. The molecule has 17 heavy (non-hydrogen) atoms. The van der Waals surface area contributed by atoms with Crippen LogP contribution in [0.15, 0.2) is 24.3 Å². The van der Waals surface area contributed by atoms with E-state index in [-0.39, 0.29) is 6.10 Å². The van der Waals surface area contributed by atoms with Gasteiger partial charge < -0.3 is 14.8 Å². The third-order valence-corrected chi connectivity index (χ3v) is 3.09. The Bertz CT molecular complexity index is 350. The fourth-order valence-electron chi connectivity index (χ4n) is 1.84. The van der Waals surface area contributed by atoms with Crippen molar-refractivity contribution in [3.63, 3.8) is 0 Å². The van der Waals surface area contributed by atoms with E-state index < -0.39 is 0 Å². The monoisotopic (exact) mass is 235 g/mol. The Kier molecular flexibility index (Phi) is 4.40. The molecule has 2 rings (SSSR count). The summed E-state index contributed by atoms with van der Waals surface area (Å²) in [6.45, 7) is 1.71. The van der Waals surface area contributed by atoms with Crippen LogP contribution in [0.2, 0.25) is 0 Å². The number of methoxy groups -OCH3 is 1. The van der Waals surface area contributed by atoms with Crippen molar-refractivity contribution in [1.82, 2.24) is 5.32 Å². The second kappa shape index (κ2) is 6.03. The van der Waals surface area contributed by atoms with E-state index in [9.17, 15) is 0 Å². The lowest BCUT2D eigenvalue weighted by atomic mass is 10.1. The lowest BCUT2D eigenvalue weighted by molar-refractivity contribution is 0.0464. The second-order valence-corrected chi connectivity index (χ2v) is 4.60. The highest BCUT2D eigenvalue weighted by Gasteiger charge is 2.23. The molecule has 1 N–H and O–H groups in total. The van der Waals surface area contributed by atoms with Crippen LogP contribution in [0.5, 0.6) is 5.75 Å². The molecule has 0 aromatic heterocycles. The van der Waals surface area contributed by atoms with Crippen molar-refractivity contribution in [3.05, 3.63) is 29.8 Å². The number of ether oxygens (including phenoxy) is 2. The van der Waals surface area contributed by atoms with E-state index in [1.165, 1.54) is 18.4 Å². The molecule has 1 fully saturated rings. The van der Waals surface area contributed by atoms with Crippen LogP contribution < -0.4 is 10.1 Å². The maximum Gasteiger partial charge on any atom is 0.119 e. The molecule has 0 saturated heterocycles. The minimum atomic E-state index is 0.121. The summed E-state index contributed by atoms with van der Waals surface area (Å²) in [5.74, 6) is 1.68. The van der Waals surface area contributed by atoms with Crippen molar-refractivity contribution in [2.75, 3.05) is 27.3 Å². The van der Waals surface area contributed by atoms with Crippen LogP contribution in [0, 0.1) is 5.92 Å². The minimum Gasteiger partial charge on any atom is -0.497 e. The van der Waals surface area contributed by atoms with Crippen LogP contribution in [-0.2, 0) is 4.74 Å². The Labute approximate surface area is 103 Å². The van der Waals surface area contributed by atoms with Gasteiger partial charge in [0.2, 0.25) is 0 Å². The molecule has 1 aromatic carbocycles. The third-order valence-electron chi connectivity index (χ3n) is 3.09. The molecule has 0 aliphatic heterocycles. The van der Waals surface area contributed by atoms with Gasteiger partial charge in [-0.2, -0.15) is 0 Å². The molecular weight excluding hydrogens is 214 g/mol. The molecule has 1 saturated carbocycles. The summed E-state index contributed by atoms with van der Waals surface area (Å²) >= 11 is 0. The van der Waals surface area contributed by atoms with Gasteiger partial charge in [0, 0.05) is 6.54 Å². The summed E-state index contributed by atoms with van der Waals surface area (Å²) < 4.78 is 11.2. The summed E-state index contributed by atoms with van der Waals surface area (Å²) in [7, 11) is 3.64. The highest BCUT2D eigenvalue weighted by Crippen LogP contribution is 2.31. The van der Waals surface area contributed by atoms with E-state index in [0.29, 0.717) is 0 Å². The summed E-state index contributed by atoms with van der Waals surface area (Å²) in [6, 6.07) is 8.12. The van der Waals surface area contributed by atoms with Crippen molar-refractivity contribution >= 4 is 0 Å². The fourth-order valence-corrected chi connectivity index (χ4v) is 1.84. The van der Waals surface area contributed by atoms with E-state index in [4.69, 9.17) is 9.47 Å². The Morgan fingerprint density at radius 3 is 2.88 bits per heavy atom. The maximum atomic E-state index is 5.97. The van der Waals surface area contributed by atoms with Crippen LogP contribution in [0.4, 0.5) is 0 Å². The van der Waals surface area contributed by atoms with Gasteiger partial charge in [-0.05, 0) is 43.5 Å². The molecular formula is C14H21NO2. The first kappa shape index (κ1) is 12.4. The van der Waals surface area contributed by atoms with Gasteiger partial charge in [0.25, 0.3) is 0 Å². The standard InChI is InChI=1S/C14H21NO2/c1-15-9-14(17-10-11-6-7-11)12-4-3-5-13(8-12)16-2/h3-5,8,11,14-15H,6-7,9-10H2,1-2H3. The van der Waals surface area contributed by atoms with E-state index in [1.807, 2.05) is 19.2 Å². The van der Waals surface area contributed by atoms with E-state index >= 15 is 0 Å². The molecule has 0 amide bonds. The molecule has 94 valence electrons. The zero-order valence-corrected chi connectivity index (χ0v) is 10.6. The maximum absolute atomic E-state index is 5.97. The van der Waals surface area contributed by atoms with Crippen molar-refractivity contribution < 1.29 is 9.47 Å². The van der Waals surface area contributed by atoms with Crippen LogP contribution in [-0.4, -0.2) is 27.3 Å². The van der Waals surface area contributed by atoms with Gasteiger partial charge in [-0.1, -0.05) is 12.1 Å². The van der Waals surface area contributed by atoms with E-state index in [2.05, 4.69) is 17.4 Å². The number of nitrogens with one attached hydrogen (secondary N) is 1.